The Morgan fingerprint density at radius 2 is 1.58 bits per heavy atom. The molecule has 0 aliphatic rings. The molecule has 0 radical (unpaired) electrons. The standard InChI is InChI=1S/C22H22F2/c1-2-3-4-5-6-16-7-13-21-18(15-16)10-14-20(22(21)24)17-8-11-19(23)12-9-17/h7-15H,2-6H2,1H3. The largest absolute Gasteiger partial charge is 0.207 e. The van der Waals surface area contributed by atoms with Crippen molar-refractivity contribution in [1.82, 2.24) is 0 Å². The molecule has 0 amide bonds. The monoisotopic (exact) mass is 324 g/mol. The average Bonchev–Trinajstić information content (AvgIpc) is 2.60. The number of rotatable bonds is 6. The molecular formula is C22H22F2. The van der Waals surface area contributed by atoms with Gasteiger partial charge in [-0.25, -0.2) is 8.78 Å². The molecule has 2 heteroatoms. The fourth-order valence-electron chi connectivity index (χ4n) is 3.11. The topological polar surface area (TPSA) is 0 Å². The Kier molecular flexibility index (Phi) is 5.24. The highest BCUT2D eigenvalue weighted by atomic mass is 19.1. The van der Waals surface area contributed by atoms with Crippen LogP contribution in [0.2, 0.25) is 0 Å². The van der Waals surface area contributed by atoms with Gasteiger partial charge in [-0.2, -0.15) is 0 Å². The van der Waals surface area contributed by atoms with E-state index < -0.39 is 0 Å². The van der Waals surface area contributed by atoms with Gasteiger partial charge in [-0.15, -0.1) is 0 Å². The fraction of sp³-hybridized carbons (Fsp3) is 0.273. The first-order chi connectivity index (χ1) is 11.7. The maximum Gasteiger partial charge on any atom is 0.138 e. The van der Waals surface area contributed by atoms with E-state index >= 15 is 0 Å². The summed E-state index contributed by atoms with van der Waals surface area (Å²) in [5, 5.41) is 1.54. The first-order valence-electron chi connectivity index (χ1n) is 8.66. The zero-order valence-corrected chi connectivity index (χ0v) is 14.0. The lowest BCUT2D eigenvalue weighted by Crippen LogP contribution is -1.90. The maximum atomic E-state index is 14.8. The van der Waals surface area contributed by atoms with Crippen molar-refractivity contribution in [2.24, 2.45) is 0 Å². The lowest BCUT2D eigenvalue weighted by molar-refractivity contribution is 0.627. The summed E-state index contributed by atoms with van der Waals surface area (Å²) in [6, 6.07) is 15.6. The van der Waals surface area contributed by atoms with Gasteiger partial charge in [0.2, 0.25) is 0 Å². The molecule has 24 heavy (non-hydrogen) atoms. The Hall–Kier alpha value is -2.22. The predicted molar refractivity (Wildman–Crippen MR) is 97.1 cm³/mol. The Morgan fingerprint density at radius 1 is 0.792 bits per heavy atom. The van der Waals surface area contributed by atoms with Gasteiger partial charge in [0.25, 0.3) is 0 Å². The third-order valence-electron chi connectivity index (χ3n) is 4.49. The van der Waals surface area contributed by atoms with Crippen LogP contribution in [0.1, 0.15) is 38.2 Å². The minimum atomic E-state index is -0.312. The summed E-state index contributed by atoms with van der Waals surface area (Å²) in [7, 11) is 0. The van der Waals surface area contributed by atoms with Crippen LogP contribution in [0.5, 0.6) is 0 Å². The molecule has 0 nitrogen and oxygen atoms in total. The van der Waals surface area contributed by atoms with E-state index in [4.69, 9.17) is 0 Å². The van der Waals surface area contributed by atoms with Gasteiger partial charge in [0.05, 0.1) is 0 Å². The lowest BCUT2D eigenvalue weighted by Gasteiger charge is -2.09. The van der Waals surface area contributed by atoms with Crippen LogP contribution in [-0.4, -0.2) is 0 Å². The van der Waals surface area contributed by atoms with Crippen molar-refractivity contribution < 1.29 is 8.78 Å². The number of benzene rings is 3. The molecule has 0 saturated heterocycles. The zero-order valence-electron chi connectivity index (χ0n) is 14.0. The lowest BCUT2D eigenvalue weighted by atomic mass is 9.97. The SMILES string of the molecule is CCCCCCc1ccc2c(F)c(-c3ccc(F)cc3)ccc2c1. The van der Waals surface area contributed by atoms with Crippen molar-refractivity contribution in [2.75, 3.05) is 0 Å². The highest BCUT2D eigenvalue weighted by Crippen LogP contribution is 2.30. The molecule has 0 aromatic heterocycles. The van der Waals surface area contributed by atoms with E-state index in [1.54, 1.807) is 18.2 Å². The minimum absolute atomic E-state index is 0.239. The summed E-state index contributed by atoms with van der Waals surface area (Å²) in [5.74, 6) is -0.552. The molecule has 0 saturated carbocycles. The Bertz CT molecular complexity index is 819. The smallest absolute Gasteiger partial charge is 0.138 e. The number of hydrogen-bond donors (Lipinski definition) is 0. The van der Waals surface area contributed by atoms with Crippen LogP contribution >= 0.6 is 0 Å². The summed E-state index contributed by atoms with van der Waals surface area (Å²) in [6.45, 7) is 2.21. The van der Waals surface area contributed by atoms with Crippen LogP contribution in [0.15, 0.2) is 54.6 Å². The number of unbranched alkanes of at least 4 members (excludes halogenated alkanes) is 3. The van der Waals surface area contributed by atoms with Gasteiger partial charge in [0.15, 0.2) is 0 Å². The highest BCUT2D eigenvalue weighted by Gasteiger charge is 2.10. The van der Waals surface area contributed by atoms with Gasteiger partial charge in [-0.05, 0) is 41.5 Å². The summed E-state index contributed by atoms with van der Waals surface area (Å²) < 4.78 is 27.9. The number of halogens is 2. The molecule has 0 unspecified atom stereocenters. The summed E-state index contributed by atoms with van der Waals surface area (Å²) in [5.41, 5.74) is 2.46. The molecule has 0 aliphatic carbocycles. The van der Waals surface area contributed by atoms with Crippen molar-refractivity contribution in [3.05, 3.63) is 71.8 Å². The van der Waals surface area contributed by atoms with Crippen molar-refractivity contribution in [3.63, 3.8) is 0 Å². The van der Waals surface area contributed by atoms with Crippen molar-refractivity contribution in [2.45, 2.75) is 39.0 Å². The second-order valence-corrected chi connectivity index (χ2v) is 6.30. The summed E-state index contributed by atoms with van der Waals surface area (Å²) in [4.78, 5) is 0. The Labute approximate surface area is 142 Å². The Morgan fingerprint density at radius 3 is 2.33 bits per heavy atom. The van der Waals surface area contributed by atoms with E-state index in [9.17, 15) is 8.78 Å². The molecule has 0 spiro atoms. The third-order valence-corrected chi connectivity index (χ3v) is 4.49. The van der Waals surface area contributed by atoms with E-state index in [1.807, 2.05) is 18.2 Å². The predicted octanol–water partition coefficient (Wildman–Crippen LogP) is 6.91. The van der Waals surface area contributed by atoms with Crippen molar-refractivity contribution in [3.8, 4) is 11.1 Å². The van der Waals surface area contributed by atoms with E-state index in [2.05, 4.69) is 13.0 Å². The summed E-state index contributed by atoms with van der Waals surface area (Å²) >= 11 is 0. The van der Waals surface area contributed by atoms with Crippen LogP contribution in [0.25, 0.3) is 21.9 Å². The second kappa shape index (κ2) is 7.57. The van der Waals surface area contributed by atoms with E-state index in [-0.39, 0.29) is 11.6 Å². The van der Waals surface area contributed by atoms with Gasteiger partial charge in [-0.3, -0.25) is 0 Å². The van der Waals surface area contributed by atoms with Crippen LogP contribution in [0, 0.1) is 11.6 Å². The normalized spacial score (nSPS) is 11.1. The van der Waals surface area contributed by atoms with Gasteiger partial charge < -0.3 is 0 Å². The fourth-order valence-corrected chi connectivity index (χ4v) is 3.11. The van der Waals surface area contributed by atoms with Crippen LogP contribution in [0.3, 0.4) is 0 Å². The molecule has 124 valence electrons. The van der Waals surface area contributed by atoms with Crippen molar-refractivity contribution >= 4 is 10.8 Å². The average molecular weight is 324 g/mol. The second-order valence-electron chi connectivity index (χ2n) is 6.30. The first kappa shape index (κ1) is 16.6. The van der Waals surface area contributed by atoms with E-state index in [0.717, 1.165) is 11.8 Å². The van der Waals surface area contributed by atoms with Crippen molar-refractivity contribution in [1.29, 1.82) is 0 Å². The van der Waals surface area contributed by atoms with Gasteiger partial charge in [0.1, 0.15) is 11.6 Å². The molecule has 3 aromatic carbocycles. The molecule has 0 atom stereocenters. The molecule has 3 aromatic rings. The summed E-state index contributed by atoms with van der Waals surface area (Å²) in [6.07, 6.45) is 5.96. The zero-order chi connectivity index (χ0) is 16.9. The molecule has 0 bridgehead atoms. The quantitative estimate of drug-likeness (QED) is 0.432. The Balaban J connectivity index is 1.88. The maximum absolute atomic E-state index is 14.8. The number of fused-ring (bicyclic) bond motifs is 1. The first-order valence-corrected chi connectivity index (χ1v) is 8.66. The van der Waals surface area contributed by atoms with Crippen LogP contribution in [0.4, 0.5) is 8.78 Å². The van der Waals surface area contributed by atoms with Gasteiger partial charge in [0, 0.05) is 10.9 Å². The van der Waals surface area contributed by atoms with Gasteiger partial charge in [-0.1, -0.05) is 68.7 Å². The molecule has 3 rings (SSSR count). The van der Waals surface area contributed by atoms with Crippen LogP contribution < -0.4 is 0 Å². The molecule has 0 fully saturated rings. The van der Waals surface area contributed by atoms with Gasteiger partial charge >= 0.3 is 0 Å². The minimum Gasteiger partial charge on any atom is -0.207 e. The van der Waals surface area contributed by atoms with E-state index in [1.165, 1.54) is 43.4 Å². The third kappa shape index (κ3) is 3.64. The number of hydrogen-bond acceptors (Lipinski definition) is 0. The number of aryl methyl sites for hydroxylation is 1. The van der Waals surface area contributed by atoms with E-state index in [0.29, 0.717) is 16.5 Å². The molecule has 0 N–H and O–H groups in total. The molecule has 0 aliphatic heterocycles. The van der Waals surface area contributed by atoms with Crippen LogP contribution in [-0.2, 0) is 6.42 Å². The molecule has 0 heterocycles. The highest BCUT2D eigenvalue weighted by molar-refractivity contribution is 5.88. The molecular weight excluding hydrogens is 302 g/mol.